The molecule has 20 heavy (non-hydrogen) atoms. The molecule has 0 bridgehead atoms. The van der Waals surface area contributed by atoms with Crippen molar-refractivity contribution in [1.82, 2.24) is 0 Å². The van der Waals surface area contributed by atoms with Gasteiger partial charge in [0, 0.05) is 17.7 Å². The predicted octanol–water partition coefficient (Wildman–Crippen LogP) is 3.64. The van der Waals surface area contributed by atoms with E-state index >= 15 is 0 Å². The number of hydrogen-bond acceptors (Lipinski definition) is 3. The van der Waals surface area contributed by atoms with Gasteiger partial charge in [0.1, 0.15) is 5.78 Å². The van der Waals surface area contributed by atoms with Gasteiger partial charge in [0.15, 0.2) is 0 Å². The summed E-state index contributed by atoms with van der Waals surface area (Å²) in [5, 5.41) is 0.0819. The minimum atomic E-state index is -0.255. The van der Waals surface area contributed by atoms with Gasteiger partial charge in [-0.05, 0) is 44.9 Å². The molecule has 0 aromatic rings. The third-order valence-electron chi connectivity index (χ3n) is 4.24. The van der Waals surface area contributed by atoms with E-state index in [0.29, 0.717) is 0 Å². The van der Waals surface area contributed by atoms with Crippen LogP contribution in [0.25, 0.3) is 0 Å². The molecule has 0 amide bonds. The molecule has 112 valence electrons. The number of Topliss-reactive ketones (excluding diaryl/α,β-unsaturated/α-hetero) is 1. The zero-order chi connectivity index (χ0) is 14.5. The van der Waals surface area contributed by atoms with E-state index in [2.05, 4.69) is 12.2 Å². The molecule has 1 saturated carbocycles. The Balaban J connectivity index is 2.05. The lowest BCUT2D eigenvalue weighted by Crippen LogP contribution is -2.20. The van der Waals surface area contributed by atoms with E-state index in [0.717, 1.165) is 32.1 Å². The topological polar surface area (TPSA) is 43.4 Å². The van der Waals surface area contributed by atoms with Crippen LogP contribution in [0.3, 0.4) is 0 Å². The molecule has 3 nitrogen and oxygen atoms in total. The van der Waals surface area contributed by atoms with Gasteiger partial charge in [0.05, 0.1) is 12.5 Å². The summed E-state index contributed by atoms with van der Waals surface area (Å²) < 4.78 is 5.30. The fourth-order valence-corrected chi connectivity index (χ4v) is 3.53. The fourth-order valence-electron chi connectivity index (χ4n) is 3.14. The van der Waals surface area contributed by atoms with Crippen molar-refractivity contribution in [1.29, 1.82) is 0 Å². The second-order valence-electron chi connectivity index (χ2n) is 5.96. The molecule has 0 saturated heterocycles. The van der Waals surface area contributed by atoms with Gasteiger partial charge in [-0.3, -0.25) is 9.59 Å². The van der Waals surface area contributed by atoms with E-state index in [1.807, 2.05) is 6.92 Å². The number of cyclic esters (lactones) is 1. The van der Waals surface area contributed by atoms with Crippen LogP contribution < -0.4 is 0 Å². The maximum Gasteiger partial charge on any atom is 0.306 e. The first-order valence-corrected chi connectivity index (χ1v) is 8.03. The second kappa shape index (κ2) is 7.26. The van der Waals surface area contributed by atoms with Gasteiger partial charge in [-0.1, -0.05) is 12.2 Å². The highest BCUT2D eigenvalue weighted by molar-refractivity contribution is 6.21. The quantitative estimate of drug-likeness (QED) is 0.389. The molecule has 0 N–H and O–H groups in total. The monoisotopic (exact) mass is 298 g/mol. The van der Waals surface area contributed by atoms with Gasteiger partial charge < -0.3 is 4.74 Å². The fraction of sp³-hybridized carbons (Fsp3) is 0.750. The highest BCUT2D eigenvalue weighted by Gasteiger charge is 2.36. The van der Waals surface area contributed by atoms with Crippen molar-refractivity contribution < 1.29 is 14.3 Å². The third-order valence-corrected chi connectivity index (χ3v) is 4.60. The summed E-state index contributed by atoms with van der Waals surface area (Å²) in [6, 6.07) is 0. The highest BCUT2D eigenvalue weighted by Crippen LogP contribution is 2.37. The van der Waals surface area contributed by atoms with Crippen LogP contribution in [0.5, 0.6) is 0 Å². The number of rotatable bonds is 0. The summed E-state index contributed by atoms with van der Waals surface area (Å²) in [6.07, 6.45) is 9.19. The Hall–Kier alpha value is -0.830. The van der Waals surface area contributed by atoms with Gasteiger partial charge in [0.25, 0.3) is 0 Å². The summed E-state index contributed by atoms with van der Waals surface area (Å²) in [5.74, 6) is 0.139. The van der Waals surface area contributed by atoms with E-state index < -0.39 is 0 Å². The van der Waals surface area contributed by atoms with Crippen molar-refractivity contribution in [2.75, 3.05) is 0 Å². The van der Waals surface area contributed by atoms with Gasteiger partial charge >= 0.3 is 5.97 Å². The van der Waals surface area contributed by atoms with Crippen LogP contribution in [0.2, 0.25) is 0 Å². The van der Waals surface area contributed by atoms with Gasteiger partial charge in [0.2, 0.25) is 0 Å². The first-order chi connectivity index (χ1) is 9.56. The summed E-state index contributed by atoms with van der Waals surface area (Å²) in [5.41, 5.74) is 0. The number of hydrogen-bond donors (Lipinski definition) is 0. The molecular weight excluding hydrogens is 276 g/mol. The van der Waals surface area contributed by atoms with Crippen LogP contribution in [-0.2, 0) is 14.3 Å². The average molecular weight is 299 g/mol. The van der Waals surface area contributed by atoms with Crippen molar-refractivity contribution in [3.63, 3.8) is 0 Å². The Kier molecular flexibility index (Phi) is 5.64. The molecule has 2 aliphatic rings. The van der Waals surface area contributed by atoms with E-state index in [-0.39, 0.29) is 47.9 Å². The zero-order valence-electron chi connectivity index (χ0n) is 12.0. The lowest BCUT2D eigenvalue weighted by molar-refractivity contribution is -0.149. The normalized spacial score (nSPS) is 38.1. The van der Waals surface area contributed by atoms with Crippen molar-refractivity contribution in [3.05, 3.63) is 12.2 Å². The number of esters is 1. The Labute approximate surface area is 125 Å². The van der Waals surface area contributed by atoms with Crippen LogP contribution in [0.4, 0.5) is 0 Å². The molecule has 1 heterocycles. The molecule has 4 atom stereocenters. The number of alkyl halides is 1. The maximum absolute atomic E-state index is 12.3. The van der Waals surface area contributed by atoms with E-state index in [1.165, 1.54) is 0 Å². The summed E-state index contributed by atoms with van der Waals surface area (Å²) in [6.45, 7) is 1.91. The van der Waals surface area contributed by atoms with Crippen LogP contribution >= 0.6 is 11.6 Å². The minimum Gasteiger partial charge on any atom is -0.463 e. The van der Waals surface area contributed by atoms with Crippen LogP contribution in [0.1, 0.15) is 51.9 Å². The standard InChI is InChI=1S/C16H23ClO3/c1-11-5-3-2-4-6-12-9-13(17)10-14(12)15(18)7-8-16(19)20-11/h4,6,11-14H,2-3,5,7-10H2,1H3/b6-4+/t11-,12+,13-,14-/m1/s1. The van der Waals surface area contributed by atoms with E-state index in [4.69, 9.17) is 16.3 Å². The number of carbonyl (C=O) groups is 2. The number of ketones is 1. The molecule has 0 unspecified atom stereocenters. The molecule has 1 aliphatic heterocycles. The van der Waals surface area contributed by atoms with E-state index in [9.17, 15) is 9.59 Å². The Bertz CT molecular complexity index is 391. The first kappa shape index (κ1) is 15.6. The molecule has 1 fully saturated rings. The summed E-state index contributed by atoms with van der Waals surface area (Å²) >= 11 is 6.20. The minimum absolute atomic E-state index is 0.0141. The number of halogens is 1. The number of ether oxygens (including phenoxy) is 1. The van der Waals surface area contributed by atoms with Crippen LogP contribution in [0.15, 0.2) is 12.2 Å². The second-order valence-corrected chi connectivity index (χ2v) is 6.58. The summed E-state index contributed by atoms with van der Waals surface area (Å²) in [7, 11) is 0. The molecule has 0 aromatic carbocycles. The zero-order valence-corrected chi connectivity index (χ0v) is 12.8. The van der Waals surface area contributed by atoms with E-state index in [1.54, 1.807) is 0 Å². The molecule has 1 aliphatic carbocycles. The number of allylic oxidation sites excluding steroid dienone is 2. The van der Waals surface area contributed by atoms with Crippen molar-refractivity contribution in [2.24, 2.45) is 11.8 Å². The molecule has 4 heteroatoms. The Morgan fingerprint density at radius 3 is 2.85 bits per heavy atom. The lowest BCUT2D eigenvalue weighted by Gasteiger charge is -2.15. The molecular formula is C16H23ClO3. The molecule has 0 aromatic heterocycles. The number of fused-ring (bicyclic) bond motifs is 1. The molecule has 2 rings (SSSR count). The first-order valence-electron chi connectivity index (χ1n) is 7.59. The lowest BCUT2D eigenvalue weighted by atomic mass is 9.89. The van der Waals surface area contributed by atoms with Crippen LogP contribution in [-0.4, -0.2) is 23.2 Å². The van der Waals surface area contributed by atoms with Crippen molar-refractivity contribution in [2.45, 2.75) is 63.4 Å². The summed E-state index contributed by atoms with van der Waals surface area (Å²) in [4.78, 5) is 24.0. The predicted molar refractivity (Wildman–Crippen MR) is 78.6 cm³/mol. The van der Waals surface area contributed by atoms with Gasteiger partial charge in [-0.2, -0.15) is 0 Å². The molecule has 0 spiro atoms. The maximum atomic E-state index is 12.3. The number of carbonyl (C=O) groups excluding carboxylic acids is 2. The van der Waals surface area contributed by atoms with Gasteiger partial charge in [-0.15, -0.1) is 11.6 Å². The largest absolute Gasteiger partial charge is 0.463 e. The van der Waals surface area contributed by atoms with Gasteiger partial charge in [-0.25, -0.2) is 0 Å². The smallest absolute Gasteiger partial charge is 0.306 e. The Morgan fingerprint density at radius 2 is 2.05 bits per heavy atom. The highest BCUT2D eigenvalue weighted by atomic mass is 35.5. The Morgan fingerprint density at radius 1 is 1.25 bits per heavy atom. The third kappa shape index (κ3) is 4.34. The average Bonchev–Trinajstić information content (AvgIpc) is 2.76. The SMILES string of the molecule is C[C@@H]1CCC/C=C/[C@H]2C[C@@H](Cl)C[C@H]2C(=O)CCC(=O)O1. The van der Waals surface area contributed by atoms with Crippen LogP contribution in [0, 0.1) is 11.8 Å². The van der Waals surface area contributed by atoms with Crippen molar-refractivity contribution >= 4 is 23.4 Å². The van der Waals surface area contributed by atoms with Crippen molar-refractivity contribution in [3.8, 4) is 0 Å². The molecule has 0 radical (unpaired) electrons.